The lowest BCUT2D eigenvalue weighted by Crippen LogP contribution is -2.53. The molecule has 2 saturated heterocycles. The molecule has 0 aromatic rings. The maximum absolute atomic E-state index is 12.4. The van der Waals surface area contributed by atoms with E-state index >= 15 is 0 Å². The van der Waals surface area contributed by atoms with Gasteiger partial charge in [-0.25, -0.2) is 4.79 Å². The van der Waals surface area contributed by atoms with Crippen molar-refractivity contribution in [2.45, 2.75) is 57.8 Å². The van der Waals surface area contributed by atoms with Gasteiger partial charge in [0.1, 0.15) is 6.61 Å². The van der Waals surface area contributed by atoms with E-state index in [-0.39, 0.29) is 23.2 Å². The molecule has 0 saturated carbocycles. The highest BCUT2D eigenvalue weighted by Gasteiger charge is 2.49. The molecule has 6 heteroatoms. The number of nitrogens with zero attached hydrogens (tertiary/aromatic N) is 1. The summed E-state index contributed by atoms with van der Waals surface area (Å²) in [6, 6.07) is 0.0245. The maximum atomic E-state index is 12.4. The van der Waals surface area contributed by atoms with Crippen LogP contribution in [-0.4, -0.2) is 58.3 Å². The molecule has 5 atom stereocenters. The number of hydrogen-bond donors (Lipinski definition) is 2. The number of fused-ring (bicyclic) bond motifs is 1. The zero-order valence-electron chi connectivity index (χ0n) is 13.1. The molecule has 0 spiro atoms. The smallest absolute Gasteiger partial charge is 0.341 e. The Kier molecular flexibility index (Phi) is 4.63. The number of esters is 1. The quantitative estimate of drug-likeness (QED) is 0.445. The molecule has 2 aliphatic heterocycles. The van der Waals surface area contributed by atoms with Crippen LogP contribution >= 0.6 is 0 Å². The van der Waals surface area contributed by atoms with Gasteiger partial charge in [-0.1, -0.05) is 13.8 Å². The predicted octanol–water partition coefficient (Wildman–Crippen LogP) is 0.794. The van der Waals surface area contributed by atoms with Crippen molar-refractivity contribution in [3.8, 4) is 0 Å². The van der Waals surface area contributed by atoms with Crippen LogP contribution in [0.2, 0.25) is 0 Å². The minimum absolute atomic E-state index is 0.0245. The average molecular weight is 301 g/mol. The van der Waals surface area contributed by atoms with Crippen molar-refractivity contribution in [1.29, 1.82) is 0 Å². The first-order valence-electron chi connectivity index (χ1n) is 7.87. The van der Waals surface area contributed by atoms with Gasteiger partial charge in [0, 0.05) is 19.3 Å². The lowest BCUT2D eigenvalue weighted by Gasteiger charge is -2.40. The Hall–Kier alpha value is -0.690. The number of aliphatic hydroxyl groups is 2. The summed E-state index contributed by atoms with van der Waals surface area (Å²) in [5, 5.41) is 32.5. The summed E-state index contributed by atoms with van der Waals surface area (Å²) in [6.45, 7) is 6.14. The normalized spacial score (nSPS) is 36.3. The van der Waals surface area contributed by atoms with Gasteiger partial charge in [-0.05, 0) is 12.8 Å². The van der Waals surface area contributed by atoms with Crippen molar-refractivity contribution in [2.24, 2.45) is 11.8 Å². The maximum Gasteiger partial charge on any atom is 0.341 e. The van der Waals surface area contributed by atoms with Crippen LogP contribution in [0.3, 0.4) is 0 Å². The van der Waals surface area contributed by atoms with Gasteiger partial charge in [0.05, 0.1) is 31.2 Å². The Bertz CT molecular complexity index is 390. The molecule has 0 unspecified atom stereocenters. The van der Waals surface area contributed by atoms with E-state index in [9.17, 15) is 20.2 Å². The van der Waals surface area contributed by atoms with Crippen LogP contribution in [0.5, 0.6) is 0 Å². The monoisotopic (exact) mass is 301 g/mol. The molecule has 2 aliphatic rings. The van der Waals surface area contributed by atoms with Crippen LogP contribution in [0.1, 0.15) is 40.0 Å². The number of ether oxygens (including phenoxy) is 1. The third-order valence-corrected chi connectivity index (χ3v) is 5.34. The fourth-order valence-corrected chi connectivity index (χ4v) is 3.82. The van der Waals surface area contributed by atoms with Crippen LogP contribution < -0.4 is 0 Å². The molecule has 122 valence electrons. The first kappa shape index (κ1) is 16.7. The Labute approximate surface area is 125 Å². The number of carbonyl (C=O) groups excluding carboxylic acids is 1. The zero-order valence-corrected chi connectivity index (χ0v) is 13.1. The number of quaternary nitrogens is 1. The van der Waals surface area contributed by atoms with Gasteiger partial charge in [-0.15, -0.1) is 0 Å². The molecule has 0 bridgehead atoms. The SMILES string of the molecule is CC(C)[C@@](O)(C(=O)OC[C@@H]1CC[N@@+]2([O-])CCC[C@@H]12)[C@@H](C)O. The second-order valence-electron chi connectivity index (χ2n) is 6.91. The molecule has 0 radical (unpaired) electrons. The molecule has 0 aromatic heterocycles. The summed E-state index contributed by atoms with van der Waals surface area (Å²) in [4.78, 5) is 12.2. The molecule has 0 aliphatic carbocycles. The van der Waals surface area contributed by atoms with Crippen molar-refractivity contribution >= 4 is 5.97 Å². The Morgan fingerprint density at radius 2 is 2.05 bits per heavy atom. The number of rotatable bonds is 5. The number of carbonyl (C=O) groups is 1. The second-order valence-corrected chi connectivity index (χ2v) is 6.91. The zero-order chi connectivity index (χ0) is 15.8. The highest BCUT2D eigenvalue weighted by Crippen LogP contribution is 2.39. The van der Waals surface area contributed by atoms with Crippen LogP contribution in [-0.2, 0) is 9.53 Å². The number of hydroxylamine groups is 3. The summed E-state index contributed by atoms with van der Waals surface area (Å²) in [6.07, 6.45) is 1.38. The highest BCUT2D eigenvalue weighted by molar-refractivity contribution is 5.80. The van der Waals surface area contributed by atoms with E-state index in [4.69, 9.17) is 4.74 Å². The summed E-state index contributed by atoms with van der Waals surface area (Å²) >= 11 is 0. The van der Waals surface area contributed by atoms with Crippen molar-refractivity contribution in [2.75, 3.05) is 19.7 Å². The summed E-state index contributed by atoms with van der Waals surface area (Å²) < 4.78 is 5.12. The average Bonchev–Trinajstić information content (AvgIpc) is 2.91. The summed E-state index contributed by atoms with van der Waals surface area (Å²) in [5.74, 6) is -1.17. The first-order chi connectivity index (χ1) is 9.71. The van der Waals surface area contributed by atoms with Crippen LogP contribution in [0.25, 0.3) is 0 Å². The summed E-state index contributed by atoms with van der Waals surface area (Å²) in [5.41, 5.74) is -1.89. The Morgan fingerprint density at radius 3 is 2.62 bits per heavy atom. The topological polar surface area (TPSA) is 89.8 Å². The molecule has 6 nitrogen and oxygen atoms in total. The molecule has 2 fully saturated rings. The lowest BCUT2D eigenvalue weighted by atomic mass is 9.85. The first-order valence-corrected chi connectivity index (χ1v) is 7.87. The molecule has 2 rings (SSSR count). The molecular formula is C15H27NO5. The lowest BCUT2D eigenvalue weighted by molar-refractivity contribution is -0.881. The van der Waals surface area contributed by atoms with Crippen LogP contribution in [0.4, 0.5) is 0 Å². The van der Waals surface area contributed by atoms with Crippen molar-refractivity contribution in [3.63, 3.8) is 0 Å². The van der Waals surface area contributed by atoms with Gasteiger partial charge < -0.3 is 24.8 Å². The standard InChI is InChI=1S/C15H27NO5/c1-10(2)15(19,11(3)17)14(18)21-9-12-6-8-16(20)7-4-5-13(12)16/h10-13,17,19H,4-9H2,1-3H3/t11-,12+,13+,15+,16+/m1/s1. The van der Waals surface area contributed by atoms with Gasteiger partial charge in [0.25, 0.3) is 0 Å². The second kappa shape index (κ2) is 5.83. The fraction of sp³-hybridized carbons (Fsp3) is 0.933. The van der Waals surface area contributed by atoms with E-state index in [1.54, 1.807) is 13.8 Å². The Morgan fingerprint density at radius 1 is 1.38 bits per heavy atom. The molecule has 2 heterocycles. The van der Waals surface area contributed by atoms with Crippen molar-refractivity contribution in [3.05, 3.63) is 5.21 Å². The fourth-order valence-electron chi connectivity index (χ4n) is 3.82. The molecule has 21 heavy (non-hydrogen) atoms. The number of hydrogen-bond acceptors (Lipinski definition) is 5. The van der Waals surface area contributed by atoms with E-state index in [0.29, 0.717) is 13.1 Å². The van der Waals surface area contributed by atoms with E-state index in [0.717, 1.165) is 19.3 Å². The molecular weight excluding hydrogens is 274 g/mol. The van der Waals surface area contributed by atoms with Crippen molar-refractivity contribution < 1.29 is 24.4 Å². The van der Waals surface area contributed by atoms with Crippen LogP contribution in [0.15, 0.2) is 0 Å². The minimum Gasteiger partial charge on any atom is -0.633 e. The Balaban J connectivity index is 1.95. The van der Waals surface area contributed by atoms with E-state index in [1.807, 2.05) is 0 Å². The predicted molar refractivity (Wildman–Crippen MR) is 76.9 cm³/mol. The van der Waals surface area contributed by atoms with E-state index in [2.05, 4.69) is 0 Å². The van der Waals surface area contributed by atoms with Crippen LogP contribution in [0, 0.1) is 17.0 Å². The van der Waals surface area contributed by atoms with Gasteiger partial charge in [0.15, 0.2) is 5.60 Å². The van der Waals surface area contributed by atoms with E-state index < -0.39 is 23.6 Å². The molecule has 2 N–H and O–H groups in total. The third kappa shape index (κ3) is 2.82. The summed E-state index contributed by atoms with van der Waals surface area (Å²) in [7, 11) is 0. The number of aliphatic hydroxyl groups excluding tert-OH is 1. The largest absolute Gasteiger partial charge is 0.633 e. The highest BCUT2D eigenvalue weighted by atomic mass is 16.6. The van der Waals surface area contributed by atoms with Crippen molar-refractivity contribution in [1.82, 2.24) is 0 Å². The van der Waals surface area contributed by atoms with E-state index in [1.165, 1.54) is 6.92 Å². The van der Waals surface area contributed by atoms with Gasteiger partial charge in [0.2, 0.25) is 0 Å². The van der Waals surface area contributed by atoms with Gasteiger partial charge in [-0.2, -0.15) is 0 Å². The van der Waals surface area contributed by atoms with Gasteiger partial charge >= 0.3 is 5.97 Å². The minimum atomic E-state index is -1.89. The molecule has 0 amide bonds. The van der Waals surface area contributed by atoms with Gasteiger partial charge in [-0.3, -0.25) is 0 Å². The third-order valence-electron chi connectivity index (χ3n) is 5.34. The molecule has 0 aromatic carbocycles.